The number of hydrogen-bond acceptors (Lipinski definition) is 4. The summed E-state index contributed by atoms with van der Waals surface area (Å²) in [6.07, 6.45) is -4.91. The van der Waals surface area contributed by atoms with Crippen molar-refractivity contribution in [3.05, 3.63) is 63.9 Å². The summed E-state index contributed by atoms with van der Waals surface area (Å²) < 4.78 is 96.1. The van der Waals surface area contributed by atoms with Gasteiger partial charge in [-0.3, -0.25) is 14.2 Å². The highest BCUT2D eigenvalue weighted by Crippen LogP contribution is 2.31. The summed E-state index contributed by atoms with van der Waals surface area (Å²) in [4.78, 5) is 31.2. The van der Waals surface area contributed by atoms with Crippen molar-refractivity contribution in [1.29, 1.82) is 0 Å². The topological polar surface area (TPSA) is 67.2 Å². The first kappa shape index (κ1) is 25.5. The van der Waals surface area contributed by atoms with Crippen LogP contribution in [-0.2, 0) is 0 Å². The number of amides is 1. The summed E-state index contributed by atoms with van der Waals surface area (Å²) in [6, 6.07) is 2.59. The van der Waals surface area contributed by atoms with Gasteiger partial charge in [0.1, 0.15) is 29.1 Å². The van der Waals surface area contributed by atoms with E-state index in [4.69, 9.17) is 0 Å². The second-order valence-corrected chi connectivity index (χ2v) is 8.38. The minimum Gasteiger partial charge on any atom is -0.350 e. The number of carbonyl (C=O) groups is 1. The average molecular weight is 516 g/mol. The molecule has 0 aliphatic carbocycles. The maximum Gasteiger partial charge on any atom is 0.408 e. The lowest BCUT2D eigenvalue weighted by atomic mass is 10.1. The van der Waals surface area contributed by atoms with Crippen LogP contribution in [0.25, 0.3) is 16.7 Å². The van der Waals surface area contributed by atoms with E-state index in [0.717, 1.165) is 22.9 Å². The van der Waals surface area contributed by atoms with Crippen molar-refractivity contribution in [2.24, 2.45) is 0 Å². The van der Waals surface area contributed by atoms with Crippen LogP contribution in [0.2, 0.25) is 0 Å². The Labute approximate surface area is 199 Å². The number of rotatable bonds is 5. The molecule has 13 heteroatoms. The number of nitrogens with zero attached hydrogens (tertiary/aromatic N) is 3. The van der Waals surface area contributed by atoms with Gasteiger partial charge in [0.25, 0.3) is 11.8 Å². The van der Waals surface area contributed by atoms with E-state index in [1.54, 1.807) is 5.32 Å². The number of alkyl halides is 5. The number of fused-ring (bicyclic) bond motifs is 1. The van der Waals surface area contributed by atoms with E-state index in [1.807, 2.05) is 0 Å². The molecule has 1 atom stereocenters. The highest BCUT2D eigenvalue weighted by Gasteiger charge is 2.40. The van der Waals surface area contributed by atoms with Gasteiger partial charge in [-0.05, 0) is 30.7 Å². The molecule has 1 aliphatic rings. The second-order valence-electron chi connectivity index (χ2n) is 8.38. The third kappa shape index (κ3) is 4.86. The van der Waals surface area contributed by atoms with Crippen molar-refractivity contribution in [2.45, 2.75) is 37.9 Å². The number of anilines is 1. The quantitative estimate of drug-likeness (QED) is 0.505. The predicted octanol–water partition coefficient (Wildman–Crippen LogP) is 4.58. The summed E-state index contributed by atoms with van der Waals surface area (Å²) in [6.45, 7) is 0.506. The standard InChI is InChI=1S/C23H19F7N4O2/c1-2-17(23(28,29)30)31-21(36)14-10-34(16-5-3-12(24)9-15(16)25)20-13(19(14)35)4-6-18(32-20)33-8-7-22(26,27)11-33/h3-6,9-10,17H,2,7-8,11H2,1H3,(H,31,36)/t17-/m0/s1. The number of carbonyl (C=O) groups excluding carboxylic acids is 1. The predicted molar refractivity (Wildman–Crippen MR) is 117 cm³/mol. The molecule has 36 heavy (non-hydrogen) atoms. The Morgan fingerprint density at radius 2 is 1.92 bits per heavy atom. The van der Waals surface area contributed by atoms with Crippen molar-refractivity contribution in [3.63, 3.8) is 0 Å². The minimum absolute atomic E-state index is 0.0377. The van der Waals surface area contributed by atoms with Gasteiger partial charge in [0.2, 0.25) is 5.43 Å². The normalized spacial score (nSPS) is 16.4. The van der Waals surface area contributed by atoms with Gasteiger partial charge in [-0.25, -0.2) is 22.5 Å². The monoisotopic (exact) mass is 516 g/mol. The molecule has 0 radical (unpaired) electrons. The molecule has 1 amide bonds. The minimum atomic E-state index is -4.78. The second kappa shape index (κ2) is 9.10. The van der Waals surface area contributed by atoms with E-state index in [1.165, 1.54) is 24.0 Å². The van der Waals surface area contributed by atoms with Crippen LogP contribution in [0.5, 0.6) is 0 Å². The van der Waals surface area contributed by atoms with Crippen LogP contribution < -0.4 is 15.6 Å². The van der Waals surface area contributed by atoms with Gasteiger partial charge in [-0.15, -0.1) is 0 Å². The van der Waals surface area contributed by atoms with Gasteiger partial charge in [-0.2, -0.15) is 13.2 Å². The van der Waals surface area contributed by atoms with Crippen LogP contribution >= 0.6 is 0 Å². The number of benzene rings is 1. The molecule has 1 aliphatic heterocycles. The molecule has 3 heterocycles. The molecule has 1 aromatic carbocycles. The van der Waals surface area contributed by atoms with Crippen molar-refractivity contribution in [1.82, 2.24) is 14.9 Å². The molecule has 2 aromatic heterocycles. The molecule has 1 fully saturated rings. The summed E-state index contributed by atoms with van der Waals surface area (Å²) >= 11 is 0. The number of aromatic nitrogens is 2. The Kier molecular flexibility index (Phi) is 6.43. The zero-order valence-electron chi connectivity index (χ0n) is 18.7. The molecule has 1 saturated heterocycles. The van der Waals surface area contributed by atoms with Gasteiger partial charge in [-0.1, -0.05) is 6.92 Å². The van der Waals surface area contributed by atoms with Gasteiger partial charge < -0.3 is 10.2 Å². The molecule has 192 valence electrons. The zero-order valence-corrected chi connectivity index (χ0v) is 18.7. The van der Waals surface area contributed by atoms with Crippen LogP contribution in [0.3, 0.4) is 0 Å². The van der Waals surface area contributed by atoms with Crippen molar-refractivity contribution >= 4 is 22.8 Å². The van der Waals surface area contributed by atoms with Gasteiger partial charge in [0.05, 0.1) is 17.6 Å². The van der Waals surface area contributed by atoms with Crippen LogP contribution in [0.4, 0.5) is 36.6 Å². The first-order chi connectivity index (χ1) is 16.8. The maximum absolute atomic E-state index is 14.7. The van der Waals surface area contributed by atoms with Gasteiger partial charge in [0.15, 0.2) is 5.65 Å². The number of pyridine rings is 2. The Morgan fingerprint density at radius 3 is 2.50 bits per heavy atom. The van der Waals surface area contributed by atoms with E-state index >= 15 is 0 Å². The summed E-state index contributed by atoms with van der Waals surface area (Å²) in [5, 5.41) is 1.48. The first-order valence-electron chi connectivity index (χ1n) is 10.8. The molecule has 0 saturated carbocycles. The van der Waals surface area contributed by atoms with E-state index in [0.29, 0.717) is 6.07 Å². The molecule has 0 spiro atoms. The molecular formula is C23H19F7N4O2. The van der Waals surface area contributed by atoms with Crippen molar-refractivity contribution < 1.29 is 35.5 Å². The average Bonchev–Trinajstić information content (AvgIpc) is 3.16. The summed E-state index contributed by atoms with van der Waals surface area (Å²) in [5.74, 6) is -6.33. The Bertz CT molecular complexity index is 1390. The molecule has 4 rings (SSSR count). The molecule has 3 aromatic rings. The highest BCUT2D eigenvalue weighted by molar-refractivity contribution is 5.97. The largest absolute Gasteiger partial charge is 0.408 e. The van der Waals surface area contributed by atoms with E-state index in [-0.39, 0.29) is 29.1 Å². The molecule has 0 unspecified atom stereocenters. The molecular weight excluding hydrogens is 497 g/mol. The lowest BCUT2D eigenvalue weighted by molar-refractivity contribution is -0.153. The van der Waals surface area contributed by atoms with Crippen LogP contribution in [0.1, 0.15) is 30.1 Å². The van der Waals surface area contributed by atoms with Crippen LogP contribution in [0, 0.1) is 11.6 Å². The Hall–Kier alpha value is -3.64. The summed E-state index contributed by atoms with van der Waals surface area (Å²) in [5.41, 5.74) is -2.35. The van der Waals surface area contributed by atoms with Crippen LogP contribution in [0.15, 0.2) is 41.3 Å². The van der Waals surface area contributed by atoms with E-state index < -0.39 is 66.1 Å². The zero-order chi connectivity index (χ0) is 26.4. The Balaban J connectivity index is 1.90. The maximum atomic E-state index is 14.7. The fourth-order valence-electron chi connectivity index (χ4n) is 3.97. The van der Waals surface area contributed by atoms with E-state index in [9.17, 15) is 40.3 Å². The van der Waals surface area contributed by atoms with Crippen LogP contribution in [-0.4, -0.2) is 46.7 Å². The SMILES string of the molecule is CC[C@H](NC(=O)c1cn(-c2ccc(F)cc2F)c2nc(N3CCC(F)(F)C3)ccc2c1=O)C(F)(F)F. The third-order valence-corrected chi connectivity index (χ3v) is 5.85. The van der Waals surface area contributed by atoms with Gasteiger partial charge in [0, 0.05) is 25.2 Å². The molecule has 6 nitrogen and oxygen atoms in total. The number of halogens is 7. The van der Waals surface area contributed by atoms with Crippen molar-refractivity contribution in [2.75, 3.05) is 18.0 Å². The third-order valence-electron chi connectivity index (χ3n) is 5.85. The summed E-state index contributed by atoms with van der Waals surface area (Å²) in [7, 11) is 0. The fourth-order valence-corrected chi connectivity index (χ4v) is 3.97. The Morgan fingerprint density at radius 1 is 1.19 bits per heavy atom. The smallest absolute Gasteiger partial charge is 0.350 e. The number of hydrogen-bond donors (Lipinski definition) is 1. The highest BCUT2D eigenvalue weighted by atomic mass is 19.4. The molecule has 0 bridgehead atoms. The number of nitrogens with one attached hydrogen (secondary N) is 1. The fraction of sp³-hybridized carbons (Fsp3) is 0.348. The van der Waals surface area contributed by atoms with E-state index in [2.05, 4.69) is 4.98 Å². The lowest BCUT2D eigenvalue weighted by Gasteiger charge is -2.21. The van der Waals surface area contributed by atoms with Crippen molar-refractivity contribution in [3.8, 4) is 5.69 Å². The first-order valence-corrected chi connectivity index (χ1v) is 10.8. The lowest BCUT2D eigenvalue weighted by Crippen LogP contribution is -2.46. The molecule has 1 N–H and O–H groups in total. The van der Waals surface area contributed by atoms with Gasteiger partial charge >= 0.3 is 6.18 Å².